The number of nitrogens with zero attached hydrogens (tertiary/aromatic N) is 2. The van der Waals surface area contributed by atoms with Crippen LogP contribution in [0.2, 0.25) is 0 Å². The third-order valence-corrected chi connectivity index (χ3v) is 5.72. The van der Waals surface area contributed by atoms with Crippen molar-refractivity contribution in [1.82, 2.24) is 14.2 Å². The van der Waals surface area contributed by atoms with Crippen LogP contribution in [0, 0.1) is 0 Å². The van der Waals surface area contributed by atoms with Gasteiger partial charge in [0.15, 0.2) is 0 Å². The topological polar surface area (TPSA) is 91.6 Å². The van der Waals surface area contributed by atoms with Gasteiger partial charge in [-0.05, 0) is 18.1 Å². The van der Waals surface area contributed by atoms with Gasteiger partial charge in [0, 0.05) is 33.9 Å². The van der Waals surface area contributed by atoms with Gasteiger partial charge in [-0.1, -0.05) is 30.3 Å². The quantitative estimate of drug-likeness (QED) is 0.752. The summed E-state index contributed by atoms with van der Waals surface area (Å²) in [5.41, 5.74) is 1.18. The highest BCUT2D eigenvalue weighted by molar-refractivity contribution is 7.89. The van der Waals surface area contributed by atoms with Crippen molar-refractivity contribution in [3.8, 4) is 0 Å². The summed E-state index contributed by atoms with van der Waals surface area (Å²) in [4.78, 5) is 11.8. The molecular formula is C17H23N3O4S. The average Bonchev–Trinajstić information content (AvgIpc) is 2.97. The van der Waals surface area contributed by atoms with Crippen molar-refractivity contribution in [2.75, 3.05) is 20.6 Å². The van der Waals surface area contributed by atoms with Gasteiger partial charge in [-0.15, -0.1) is 0 Å². The standard InChI is InChI=1S/C17H23N3O4S/c1-18-17(22)16-10-15(12-19(16)2)25(23,24)20(3)11-14(21)9-13-7-5-4-6-8-13/h4-8,10,12,14,21H,9,11H2,1-3H3,(H,18,22). The van der Waals surface area contributed by atoms with Crippen molar-refractivity contribution in [2.24, 2.45) is 7.05 Å². The summed E-state index contributed by atoms with van der Waals surface area (Å²) in [7, 11) is 0.702. The van der Waals surface area contributed by atoms with Gasteiger partial charge in [0.1, 0.15) is 10.6 Å². The van der Waals surface area contributed by atoms with Crippen LogP contribution < -0.4 is 5.32 Å². The molecule has 2 aromatic rings. The number of aryl methyl sites for hydroxylation is 1. The van der Waals surface area contributed by atoms with E-state index in [4.69, 9.17) is 0 Å². The Bertz CT molecular complexity index is 831. The van der Waals surface area contributed by atoms with Crippen LogP contribution in [0.5, 0.6) is 0 Å². The maximum Gasteiger partial charge on any atom is 0.267 e. The predicted molar refractivity (Wildman–Crippen MR) is 94.8 cm³/mol. The monoisotopic (exact) mass is 365 g/mol. The van der Waals surface area contributed by atoms with Crippen molar-refractivity contribution in [1.29, 1.82) is 0 Å². The molecule has 2 rings (SSSR count). The molecular weight excluding hydrogens is 342 g/mol. The summed E-state index contributed by atoms with van der Waals surface area (Å²) in [6.45, 7) is -0.0402. The van der Waals surface area contributed by atoms with Crippen LogP contribution in [-0.2, 0) is 23.5 Å². The normalized spacial score (nSPS) is 13.0. The Balaban J connectivity index is 2.12. The van der Waals surface area contributed by atoms with Crippen molar-refractivity contribution in [2.45, 2.75) is 17.4 Å². The SMILES string of the molecule is CNC(=O)c1cc(S(=O)(=O)N(C)CC(O)Cc2ccccc2)cn1C. The molecule has 0 bridgehead atoms. The predicted octanol–water partition coefficient (Wildman–Crippen LogP) is 0.609. The van der Waals surface area contributed by atoms with Crippen molar-refractivity contribution in [3.05, 3.63) is 53.9 Å². The van der Waals surface area contributed by atoms with Crippen LogP contribution in [0.25, 0.3) is 0 Å². The summed E-state index contributed by atoms with van der Waals surface area (Å²) in [6, 6.07) is 10.7. The lowest BCUT2D eigenvalue weighted by Crippen LogP contribution is -2.35. The van der Waals surface area contributed by atoms with Crippen LogP contribution in [-0.4, -0.2) is 55.0 Å². The molecule has 25 heavy (non-hydrogen) atoms. The first-order valence-electron chi connectivity index (χ1n) is 7.82. The number of rotatable bonds is 7. The molecule has 1 unspecified atom stereocenters. The maximum atomic E-state index is 12.7. The number of carbonyl (C=O) groups excluding carboxylic acids is 1. The molecule has 136 valence electrons. The second kappa shape index (κ2) is 7.81. The highest BCUT2D eigenvalue weighted by Crippen LogP contribution is 2.18. The third-order valence-electron chi connectivity index (χ3n) is 3.93. The Labute approximate surface area is 147 Å². The fraction of sp³-hybridized carbons (Fsp3) is 0.353. The number of amides is 1. The van der Waals surface area contributed by atoms with E-state index < -0.39 is 16.1 Å². The molecule has 1 atom stereocenters. The number of aromatic nitrogens is 1. The molecule has 1 aromatic carbocycles. The van der Waals surface area contributed by atoms with E-state index in [2.05, 4.69) is 5.32 Å². The van der Waals surface area contributed by atoms with E-state index in [9.17, 15) is 18.3 Å². The van der Waals surface area contributed by atoms with Crippen LogP contribution in [0.3, 0.4) is 0 Å². The van der Waals surface area contributed by atoms with E-state index in [1.165, 1.54) is 30.9 Å². The molecule has 0 radical (unpaired) electrons. The summed E-state index contributed by atoms with van der Waals surface area (Å²) < 4.78 is 27.9. The van der Waals surface area contributed by atoms with Crippen LogP contribution >= 0.6 is 0 Å². The molecule has 0 spiro atoms. The van der Waals surface area contributed by atoms with Gasteiger partial charge in [-0.25, -0.2) is 8.42 Å². The highest BCUT2D eigenvalue weighted by atomic mass is 32.2. The van der Waals surface area contributed by atoms with Gasteiger partial charge >= 0.3 is 0 Å². The Hall–Kier alpha value is -2.16. The minimum atomic E-state index is -3.80. The zero-order valence-electron chi connectivity index (χ0n) is 14.5. The van der Waals surface area contributed by atoms with Crippen molar-refractivity contribution < 1.29 is 18.3 Å². The lowest BCUT2D eigenvalue weighted by atomic mass is 10.1. The van der Waals surface area contributed by atoms with E-state index in [1.807, 2.05) is 30.3 Å². The Morgan fingerprint density at radius 1 is 1.32 bits per heavy atom. The van der Waals surface area contributed by atoms with Crippen LogP contribution in [0.1, 0.15) is 16.1 Å². The molecule has 8 heteroatoms. The van der Waals surface area contributed by atoms with Gasteiger partial charge < -0.3 is 15.0 Å². The second-order valence-electron chi connectivity index (χ2n) is 5.88. The Kier molecular flexibility index (Phi) is 5.99. The largest absolute Gasteiger partial charge is 0.391 e. The Morgan fingerprint density at radius 2 is 1.96 bits per heavy atom. The minimum absolute atomic E-state index is 0.0167. The van der Waals surface area contributed by atoms with E-state index in [0.29, 0.717) is 6.42 Å². The number of hydrogen-bond donors (Lipinski definition) is 2. The van der Waals surface area contributed by atoms with Gasteiger partial charge in [-0.3, -0.25) is 4.79 Å². The number of hydrogen-bond acceptors (Lipinski definition) is 4. The molecule has 7 nitrogen and oxygen atoms in total. The van der Waals surface area contributed by atoms with Crippen molar-refractivity contribution >= 4 is 15.9 Å². The first-order valence-corrected chi connectivity index (χ1v) is 9.26. The minimum Gasteiger partial charge on any atom is -0.391 e. The molecule has 0 aliphatic rings. The fourth-order valence-electron chi connectivity index (χ4n) is 2.55. The molecule has 0 saturated carbocycles. The number of aliphatic hydroxyl groups is 1. The lowest BCUT2D eigenvalue weighted by molar-refractivity contribution is 0.0955. The molecule has 0 aliphatic carbocycles. The number of likely N-dealkylation sites (N-methyl/N-ethyl adjacent to an activating group) is 1. The molecule has 1 aromatic heterocycles. The highest BCUT2D eigenvalue weighted by Gasteiger charge is 2.26. The van der Waals surface area contributed by atoms with E-state index in [0.717, 1.165) is 9.87 Å². The first kappa shape index (κ1) is 19.2. The molecule has 2 N–H and O–H groups in total. The molecule has 1 heterocycles. The third kappa shape index (κ3) is 4.47. The van der Waals surface area contributed by atoms with E-state index >= 15 is 0 Å². The van der Waals surface area contributed by atoms with Crippen LogP contribution in [0.15, 0.2) is 47.5 Å². The second-order valence-corrected chi connectivity index (χ2v) is 7.93. The fourth-order valence-corrected chi connectivity index (χ4v) is 3.83. The van der Waals surface area contributed by atoms with Crippen molar-refractivity contribution in [3.63, 3.8) is 0 Å². The number of carbonyl (C=O) groups is 1. The molecule has 0 fully saturated rings. The number of nitrogens with one attached hydrogen (secondary N) is 1. The first-order chi connectivity index (χ1) is 11.8. The van der Waals surface area contributed by atoms with Gasteiger partial charge in [0.05, 0.1) is 6.10 Å². The van der Waals surface area contributed by atoms with Gasteiger partial charge in [0.2, 0.25) is 10.0 Å². The van der Waals surface area contributed by atoms with Gasteiger partial charge in [-0.2, -0.15) is 4.31 Å². The molecule has 0 saturated heterocycles. The Morgan fingerprint density at radius 3 is 2.56 bits per heavy atom. The summed E-state index contributed by atoms with van der Waals surface area (Å²) in [5.74, 6) is -0.365. The summed E-state index contributed by atoms with van der Waals surface area (Å²) in [5, 5.41) is 12.7. The van der Waals surface area contributed by atoms with E-state index in [1.54, 1.807) is 7.05 Å². The molecule has 1 amide bonds. The molecule has 0 aliphatic heterocycles. The summed E-state index contributed by atoms with van der Waals surface area (Å²) >= 11 is 0. The average molecular weight is 365 g/mol. The number of benzene rings is 1. The zero-order chi connectivity index (χ0) is 18.6. The zero-order valence-corrected chi connectivity index (χ0v) is 15.3. The maximum absolute atomic E-state index is 12.7. The smallest absolute Gasteiger partial charge is 0.267 e. The number of sulfonamides is 1. The lowest BCUT2D eigenvalue weighted by Gasteiger charge is -2.20. The summed E-state index contributed by atoms with van der Waals surface area (Å²) in [6.07, 6.45) is 0.920. The number of aliphatic hydroxyl groups excluding tert-OH is 1. The van der Waals surface area contributed by atoms with E-state index in [-0.39, 0.29) is 23.0 Å². The van der Waals surface area contributed by atoms with Crippen LogP contribution in [0.4, 0.5) is 0 Å². The van der Waals surface area contributed by atoms with Gasteiger partial charge in [0.25, 0.3) is 5.91 Å².